The molecule has 0 aromatic heterocycles. The van der Waals surface area contributed by atoms with Crippen molar-refractivity contribution < 1.29 is 33.4 Å². The minimum absolute atomic E-state index is 0.0343. The molecule has 3 atom stereocenters. The number of primary amides is 1. The summed E-state index contributed by atoms with van der Waals surface area (Å²) in [6.07, 6.45) is 0.492. The molecule has 11 heteroatoms. The summed E-state index contributed by atoms with van der Waals surface area (Å²) in [7, 11) is 1.45. The van der Waals surface area contributed by atoms with Gasteiger partial charge in [-0.3, -0.25) is 24.1 Å². The Balaban J connectivity index is 1.85. The molecule has 0 radical (unpaired) electrons. The Labute approximate surface area is 276 Å². The van der Waals surface area contributed by atoms with Crippen molar-refractivity contribution in [2.24, 2.45) is 5.73 Å². The minimum Gasteiger partial charge on any atom is -0.461 e. The van der Waals surface area contributed by atoms with Crippen LogP contribution in [0.15, 0.2) is 72.8 Å². The van der Waals surface area contributed by atoms with E-state index in [-0.39, 0.29) is 19.4 Å². The first-order valence-corrected chi connectivity index (χ1v) is 15.8. The number of nitrogens with two attached hydrogens (primary N) is 1. The van der Waals surface area contributed by atoms with Gasteiger partial charge in [-0.2, -0.15) is 0 Å². The number of carbonyl (C=O) groups is 5. The van der Waals surface area contributed by atoms with Crippen LogP contribution in [0.3, 0.4) is 0 Å². The zero-order chi connectivity index (χ0) is 34.6. The molecule has 0 aliphatic carbocycles. The van der Waals surface area contributed by atoms with Crippen LogP contribution in [0.4, 0.5) is 4.79 Å². The van der Waals surface area contributed by atoms with E-state index in [0.29, 0.717) is 6.42 Å². The zero-order valence-electron chi connectivity index (χ0n) is 27.8. The van der Waals surface area contributed by atoms with Crippen LogP contribution < -0.4 is 16.4 Å². The Kier molecular flexibility index (Phi) is 13.3. The highest BCUT2D eigenvalue weighted by Gasteiger charge is 2.34. The molecular weight excluding hydrogens is 600 g/mol. The minimum atomic E-state index is -1.43. The Morgan fingerprint density at radius 2 is 1.49 bits per heavy atom. The van der Waals surface area contributed by atoms with Crippen molar-refractivity contribution in [1.82, 2.24) is 15.5 Å². The number of nitrogens with one attached hydrogen (secondary N) is 2. The van der Waals surface area contributed by atoms with Crippen molar-refractivity contribution in [1.29, 1.82) is 0 Å². The van der Waals surface area contributed by atoms with Gasteiger partial charge in [-0.1, -0.05) is 92.6 Å². The number of hydrogen-bond donors (Lipinski definition) is 3. The van der Waals surface area contributed by atoms with Crippen LogP contribution in [0.5, 0.6) is 0 Å². The summed E-state index contributed by atoms with van der Waals surface area (Å²) >= 11 is 0. The van der Waals surface area contributed by atoms with Gasteiger partial charge in [0.1, 0.15) is 30.3 Å². The summed E-state index contributed by atoms with van der Waals surface area (Å²) in [5.41, 5.74) is 6.46. The maximum absolute atomic E-state index is 13.7. The van der Waals surface area contributed by atoms with Crippen LogP contribution in [-0.4, -0.2) is 65.5 Å². The summed E-state index contributed by atoms with van der Waals surface area (Å²) in [5.74, 6) is -2.99. The Hall–Kier alpha value is -4.93. The molecule has 3 rings (SSSR count). The molecule has 0 fully saturated rings. The quantitative estimate of drug-likeness (QED) is 0.207. The van der Waals surface area contributed by atoms with E-state index in [4.69, 9.17) is 15.2 Å². The van der Waals surface area contributed by atoms with E-state index in [1.807, 2.05) is 55.5 Å². The molecule has 4 amide bonds. The summed E-state index contributed by atoms with van der Waals surface area (Å²) < 4.78 is 10.9. The number of esters is 1. The average Bonchev–Trinajstić information content (AvgIpc) is 3.03. The number of hydrogen-bond acceptors (Lipinski definition) is 7. The third kappa shape index (κ3) is 11.4. The number of likely N-dealkylation sites (N-methyl/N-ethyl adjacent to an activating group) is 1. The SMILES string of the molecule is CCCC[C@@H](C(=O)N[C@@H](CC(=O)OCc1ccccc1)C(=O)N[C@@H](Cc1cccc2ccccc12)C(N)=O)N(C)C(=O)OC(C)(C)C. The van der Waals surface area contributed by atoms with E-state index in [1.54, 1.807) is 45.0 Å². The fraction of sp³-hybridized carbons (Fsp3) is 0.417. The lowest BCUT2D eigenvalue weighted by Gasteiger charge is -2.31. The molecule has 4 N–H and O–H groups in total. The van der Waals surface area contributed by atoms with Gasteiger partial charge in [0.2, 0.25) is 17.7 Å². The lowest BCUT2D eigenvalue weighted by atomic mass is 9.98. The van der Waals surface area contributed by atoms with Crippen molar-refractivity contribution in [3.63, 3.8) is 0 Å². The molecule has 47 heavy (non-hydrogen) atoms. The van der Waals surface area contributed by atoms with Crippen LogP contribution in [0.2, 0.25) is 0 Å². The number of benzene rings is 3. The predicted octanol–water partition coefficient (Wildman–Crippen LogP) is 4.40. The highest BCUT2D eigenvalue weighted by atomic mass is 16.6. The monoisotopic (exact) mass is 646 g/mol. The molecule has 0 saturated heterocycles. The van der Waals surface area contributed by atoms with Crippen LogP contribution in [0, 0.1) is 0 Å². The van der Waals surface area contributed by atoms with Crippen LogP contribution in [-0.2, 0) is 41.7 Å². The van der Waals surface area contributed by atoms with Crippen molar-refractivity contribution in [2.75, 3.05) is 7.05 Å². The number of fused-ring (bicyclic) bond motifs is 1. The van der Waals surface area contributed by atoms with E-state index in [1.165, 1.54) is 11.9 Å². The van der Waals surface area contributed by atoms with Crippen molar-refractivity contribution >= 4 is 40.6 Å². The van der Waals surface area contributed by atoms with Gasteiger partial charge in [0, 0.05) is 13.5 Å². The van der Waals surface area contributed by atoms with E-state index in [2.05, 4.69) is 10.6 Å². The molecule has 0 aliphatic rings. The van der Waals surface area contributed by atoms with Crippen LogP contribution in [0.25, 0.3) is 10.8 Å². The summed E-state index contributed by atoms with van der Waals surface area (Å²) in [6.45, 7) is 7.06. The largest absolute Gasteiger partial charge is 0.461 e. The molecule has 3 aromatic carbocycles. The molecule has 0 unspecified atom stereocenters. The number of ether oxygens (including phenoxy) is 2. The molecule has 3 aromatic rings. The zero-order valence-corrected chi connectivity index (χ0v) is 27.8. The van der Waals surface area contributed by atoms with Gasteiger partial charge in [-0.05, 0) is 49.1 Å². The second-order valence-electron chi connectivity index (χ2n) is 12.5. The molecule has 0 bridgehead atoms. The number of unbranched alkanes of at least 4 members (excludes halogenated alkanes) is 1. The maximum Gasteiger partial charge on any atom is 0.410 e. The summed E-state index contributed by atoms with van der Waals surface area (Å²) in [4.78, 5) is 67.1. The van der Waals surface area contributed by atoms with Crippen molar-refractivity contribution in [3.8, 4) is 0 Å². The molecule has 0 spiro atoms. The average molecular weight is 647 g/mol. The molecule has 0 heterocycles. The lowest BCUT2D eigenvalue weighted by Crippen LogP contribution is -2.57. The van der Waals surface area contributed by atoms with E-state index in [0.717, 1.165) is 28.3 Å². The Bertz CT molecular complexity index is 1530. The number of rotatable bonds is 15. The Morgan fingerprint density at radius 3 is 2.15 bits per heavy atom. The van der Waals surface area contributed by atoms with Crippen molar-refractivity contribution in [2.45, 2.75) is 90.1 Å². The highest BCUT2D eigenvalue weighted by molar-refractivity contribution is 5.96. The molecule has 11 nitrogen and oxygen atoms in total. The second kappa shape index (κ2) is 17.1. The molecule has 0 saturated carbocycles. The maximum atomic E-state index is 13.7. The predicted molar refractivity (Wildman–Crippen MR) is 179 cm³/mol. The first-order valence-electron chi connectivity index (χ1n) is 15.8. The number of amides is 4. The fourth-order valence-corrected chi connectivity index (χ4v) is 4.99. The van der Waals surface area contributed by atoms with E-state index < -0.39 is 59.9 Å². The molecule has 252 valence electrons. The smallest absolute Gasteiger partial charge is 0.410 e. The number of nitrogens with zero attached hydrogens (tertiary/aromatic N) is 1. The van der Waals surface area contributed by atoms with Gasteiger partial charge in [-0.25, -0.2) is 4.79 Å². The second-order valence-corrected chi connectivity index (χ2v) is 12.5. The first kappa shape index (κ1) is 36.5. The summed E-state index contributed by atoms with van der Waals surface area (Å²) in [5, 5.41) is 7.13. The Morgan fingerprint density at radius 1 is 0.851 bits per heavy atom. The first-order chi connectivity index (χ1) is 22.3. The number of carbonyl (C=O) groups excluding carboxylic acids is 5. The van der Waals surface area contributed by atoms with Crippen LogP contribution in [0.1, 0.15) is 64.5 Å². The molecule has 0 aliphatic heterocycles. The third-order valence-electron chi connectivity index (χ3n) is 7.49. The summed E-state index contributed by atoms with van der Waals surface area (Å²) in [6, 6.07) is 18.7. The third-order valence-corrected chi connectivity index (χ3v) is 7.49. The molecular formula is C36H46N4O7. The lowest BCUT2D eigenvalue weighted by molar-refractivity contribution is -0.147. The van der Waals surface area contributed by atoms with Gasteiger partial charge in [-0.15, -0.1) is 0 Å². The van der Waals surface area contributed by atoms with Gasteiger partial charge in [0.25, 0.3) is 0 Å². The standard InChI is InChI=1S/C36H46N4O7/c1-6-7-20-30(40(5)35(45)47-36(2,3)4)34(44)39-29(22-31(41)46-23-24-14-9-8-10-15-24)33(43)38-28(32(37)42)21-26-18-13-17-25-16-11-12-19-27(25)26/h8-19,28-30H,6-7,20-23H2,1-5H3,(H2,37,42)(H,38,43)(H,39,44)/t28-,29-,30-/m0/s1. The highest BCUT2D eigenvalue weighted by Crippen LogP contribution is 2.20. The van der Waals surface area contributed by atoms with Crippen LogP contribution >= 0.6 is 0 Å². The normalized spacial score (nSPS) is 13.1. The van der Waals surface area contributed by atoms with Gasteiger partial charge in [0.05, 0.1) is 6.42 Å². The topological polar surface area (TPSA) is 157 Å². The van der Waals surface area contributed by atoms with Crippen molar-refractivity contribution in [3.05, 3.63) is 83.9 Å². The van der Waals surface area contributed by atoms with Gasteiger partial charge >= 0.3 is 12.1 Å². The fourth-order valence-electron chi connectivity index (χ4n) is 4.99. The van der Waals surface area contributed by atoms with E-state index in [9.17, 15) is 24.0 Å². The van der Waals surface area contributed by atoms with Gasteiger partial charge < -0.3 is 25.8 Å². The van der Waals surface area contributed by atoms with Gasteiger partial charge in [0.15, 0.2) is 0 Å². The van der Waals surface area contributed by atoms with E-state index >= 15 is 0 Å².